The van der Waals surface area contributed by atoms with E-state index < -0.39 is 6.04 Å². The van der Waals surface area contributed by atoms with Gasteiger partial charge in [-0.2, -0.15) is 0 Å². The number of aromatic nitrogens is 2. The van der Waals surface area contributed by atoms with Crippen molar-refractivity contribution in [1.82, 2.24) is 15.3 Å². The van der Waals surface area contributed by atoms with Crippen molar-refractivity contribution in [2.75, 3.05) is 10.6 Å². The van der Waals surface area contributed by atoms with Gasteiger partial charge in [0.05, 0.1) is 27.3 Å². The van der Waals surface area contributed by atoms with E-state index in [1.54, 1.807) is 30.6 Å². The first-order valence-electron chi connectivity index (χ1n) is 11.9. The van der Waals surface area contributed by atoms with Gasteiger partial charge in [0.1, 0.15) is 6.04 Å². The van der Waals surface area contributed by atoms with Gasteiger partial charge in [0, 0.05) is 28.7 Å². The maximum atomic E-state index is 13.1. The summed E-state index contributed by atoms with van der Waals surface area (Å²) in [6.45, 7) is 12.1. The number of aryl methyl sites for hydroxylation is 2. The third kappa shape index (κ3) is 8.03. The van der Waals surface area contributed by atoms with Crippen molar-refractivity contribution in [2.45, 2.75) is 66.5 Å². The van der Waals surface area contributed by atoms with Crippen molar-refractivity contribution in [3.05, 3.63) is 68.9 Å². The van der Waals surface area contributed by atoms with E-state index in [1.807, 2.05) is 32.9 Å². The van der Waals surface area contributed by atoms with Crippen LogP contribution in [0.1, 0.15) is 72.5 Å². The van der Waals surface area contributed by atoms with Gasteiger partial charge in [-0.15, -0.1) is 11.3 Å². The number of thiophene rings is 1. The lowest BCUT2D eigenvalue weighted by atomic mass is 9.88. The molecule has 0 aliphatic heterocycles. The fourth-order valence-corrected chi connectivity index (χ4v) is 4.67. The summed E-state index contributed by atoms with van der Waals surface area (Å²) >= 11 is 7.48. The van der Waals surface area contributed by atoms with Gasteiger partial charge in [0.15, 0.2) is 0 Å². The Balaban J connectivity index is 1.70. The Morgan fingerprint density at radius 1 is 1.11 bits per heavy atom. The molecule has 0 radical (unpaired) electrons. The Morgan fingerprint density at radius 2 is 1.86 bits per heavy atom. The van der Waals surface area contributed by atoms with E-state index in [9.17, 15) is 9.59 Å². The molecule has 2 unspecified atom stereocenters. The molecule has 0 saturated carbocycles. The average molecular weight is 528 g/mol. The van der Waals surface area contributed by atoms with E-state index in [0.29, 0.717) is 22.0 Å². The zero-order valence-electron chi connectivity index (χ0n) is 21.6. The fraction of sp³-hybridized carbons (Fsp3) is 0.407. The van der Waals surface area contributed by atoms with Crippen molar-refractivity contribution in [1.29, 1.82) is 0 Å². The van der Waals surface area contributed by atoms with E-state index >= 15 is 0 Å². The van der Waals surface area contributed by atoms with E-state index in [-0.39, 0.29) is 23.3 Å². The maximum absolute atomic E-state index is 13.1. The number of hydrogen-bond donors (Lipinski definition) is 3. The Labute approximate surface area is 222 Å². The van der Waals surface area contributed by atoms with Gasteiger partial charge in [0.25, 0.3) is 5.91 Å². The molecular weight excluding hydrogens is 494 g/mol. The van der Waals surface area contributed by atoms with Gasteiger partial charge in [-0.25, -0.2) is 0 Å². The molecule has 0 fully saturated rings. The van der Waals surface area contributed by atoms with Crippen LogP contribution in [0.15, 0.2) is 42.7 Å². The van der Waals surface area contributed by atoms with Crippen LogP contribution in [0, 0.1) is 19.3 Å². The summed E-state index contributed by atoms with van der Waals surface area (Å²) in [5, 5.41) is 9.84. The zero-order chi connectivity index (χ0) is 26.5. The molecule has 2 atom stereocenters. The number of nitrogens with zero attached hydrogens (tertiary/aromatic N) is 2. The fourth-order valence-electron chi connectivity index (χ4n) is 3.59. The van der Waals surface area contributed by atoms with E-state index in [0.717, 1.165) is 28.4 Å². The van der Waals surface area contributed by atoms with Crippen LogP contribution >= 0.6 is 22.9 Å². The van der Waals surface area contributed by atoms with Crippen LogP contribution in [0.3, 0.4) is 0 Å². The third-order valence-corrected chi connectivity index (χ3v) is 7.15. The van der Waals surface area contributed by atoms with Crippen LogP contribution in [-0.4, -0.2) is 27.8 Å². The predicted molar refractivity (Wildman–Crippen MR) is 148 cm³/mol. The number of hydrogen-bond acceptors (Lipinski definition) is 6. The van der Waals surface area contributed by atoms with Gasteiger partial charge in [-0.3, -0.25) is 19.6 Å². The second-order valence-electron chi connectivity index (χ2n) is 10.2. The molecule has 36 heavy (non-hydrogen) atoms. The lowest BCUT2D eigenvalue weighted by Gasteiger charge is -2.23. The van der Waals surface area contributed by atoms with Crippen LogP contribution in [0.2, 0.25) is 5.02 Å². The minimum atomic E-state index is -0.661. The number of amides is 2. The summed E-state index contributed by atoms with van der Waals surface area (Å²) in [5.41, 5.74) is 3.19. The van der Waals surface area contributed by atoms with Crippen molar-refractivity contribution < 1.29 is 9.59 Å². The second-order valence-corrected chi connectivity index (χ2v) is 11.7. The molecular formula is C27H34ClN5O2S. The maximum Gasteiger partial charge on any atom is 0.262 e. The molecule has 7 nitrogen and oxygen atoms in total. The Hall–Kier alpha value is -2.97. The van der Waals surface area contributed by atoms with Crippen molar-refractivity contribution >= 4 is 46.1 Å². The normalized spacial score (nSPS) is 13.1. The van der Waals surface area contributed by atoms with E-state index in [1.165, 1.54) is 11.3 Å². The molecule has 2 amide bonds. The molecule has 0 spiro atoms. The summed E-state index contributed by atoms with van der Waals surface area (Å²) < 4.78 is 0. The smallest absolute Gasteiger partial charge is 0.262 e. The first-order valence-corrected chi connectivity index (χ1v) is 13.1. The SMILES string of the molecule is Cc1cc(NC(=O)C(CCC(C)(C)C)NC(=O)c2ccc(C(C)Nc3cc(Cl)cnc3C)s2)ccn1. The van der Waals surface area contributed by atoms with Crippen LogP contribution < -0.4 is 16.0 Å². The first-order chi connectivity index (χ1) is 16.9. The Bertz CT molecular complexity index is 1220. The molecule has 3 rings (SSSR count). The summed E-state index contributed by atoms with van der Waals surface area (Å²) in [4.78, 5) is 36.2. The average Bonchev–Trinajstić information content (AvgIpc) is 3.29. The van der Waals surface area contributed by atoms with E-state index in [4.69, 9.17) is 11.6 Å². The largest absolute Gasteiger partial charge is 0.376 e. The summed E-state index contributed by atoms with van der Waals surface area (Å²) in [6.07, 6.45) is 4.58. The molecule has 3 N–H and O–H groups in total. The monoisotopic (exact) mass is 527 g/mol. The zero-order valence-corrected chi connectivity index (χ0v) is 23.2. The van der Waals surface area contributed by atoms with Gasteiger partial charge in [-0.1, -0.05) is 32.4 Å². The molecule has 9 heteroatoms. The van der Waals surface area contributed by atoms with Gasteiger partial charge >= 0.3 is 0 Å². The minimum absolute atomic E-state index is 0.0288. The molecule has 3 aromatic heterocycles. The summed E-state index contributed by atoms with van der Waals surface area (Å²) in [7, 11) is 0. The van der Waals surface area contributed by atoms with Crippen LogP contribution in [0.5, 0.6) is 0 Å². The topological polar surface area (TPSA) is 96.0 Å². The predicted octanol–water partition coefficient (Wildman–Crippen LogP) is 6.54. The number of halogens is 1. The van der Waals surface area contributed by atoms with Gasteiger partial charge in [0.2, 0.25) is 5.91 Å². The molecule has 0 aliphatic carbocycles. The highest BCUT2D eigenvalue weighted by atomic mass is 35.5. The van der Waals surface area contributed by atoms with Crippen molar-refractivity contribution in [3.8, 4) is 0 Å². The van der Waals surface area contributed by atoms with Crippen LogP contribution in [-0.2, 0) is 4.79 Å². The standard InChI is InChI=1S/C27H34ClN5O2S/c1-16-13-20(10-12-29-16)32-25(34)21(9-11-27(4,5)6)33-26(35)24-8-7-23(36-24)18(3)31-22-14-19(28)15-30-17(22)2/h7-8,10,12-15,18,21,31H,9,11H2,1-6H3,(H,33,35)(H,29,32,34). The number of nitrogens with one attached hydrogen (secondary N) is 3. The molecule has 0 aliphatic rings. The molecule has 192 valence electrons. The second kappa shape index (κ2) is 11.8. The highest BCUT2D eigenvalue weighted by Crippen LogP contribution is 2.29. The quantitative estimate of drug-likeness (QED) is 0.293. The lowest BCUT2D eigenvalue weighted by Crippen LogP contribution is -2.44. The van der Waals surface area contributed by atoms with Crippen molar-refractivity contribution in [3.63, 3.8) is 0 Å². The molecule has 0 saturated heterocycles. The number of anilines is 2. The van der Waals surface area contributed by atoms with Crippen LogP contribution in [0.4, 0.5) is 11.4 Å². The molecule has 3 aromatic rings. The number of carbonyl (C=O) groups is 2. The van der Waals surface area contributed by atoms with E-state index in [2.05, 4.69) is 46.7 Å². The molecule has 0 aromatic carbocycles. The molecule has 0 bridgehead atoms. The molecule has 3 heterocycles. The summed E-state index contributed by atoms with van der Waals surface area (Å²) in [5.74, 6) is -0.507. The minimum Gasteiger partial charge on any atom is -0.376 e. The summed E-state index contributed by atoms with van der Waals surface area (Å²) in [6, 6.07) is 8.39. The van der Waals surface area contributed by atoms with Crippen LogP contribution in [0.25, 0.3) is 0 Å². The van der Waals surface area contributed by atoms with Gasteiger partial charge < -0.3 is 16.0 Å². The Morgan fingerprint density at radius 3 is 2.56 bits per heavy atom. The highest BCUT2D eigenvalue weighted by Gasteiger charge is 2.25. The lowest BCUT2D eigenvalue weighted by molar-refractivity contribution is -0.118. The first kappa shape index (κ1) is 27.6. The van der Waals surface area contributed by atoms with Gasteiger partial charge in [-0.05, 0) is 69.4 Å². The number of pyridine rings is 2. The number of carbonyl (C=O) groups excluding carboxylic acids is 2. The Kier molecular flexibility index (Phi) is 9.08. The van der Waals surface area contributed by atoms with Crippen molar-refractivity contribution in [2.24, 2.45) is 5.41 Å². The third-order valence-electron chi connectivity index (χ3n) is 5.67. The number of rotatable bonds is 9. The highest BCUT2D eigenvalue weighted by molar-refractivity contribution is 7.14.